The van der Waals surface area contributed by atoms with Crippen LogP contribution in [0.3, 0.4) is 0 Å². The summed E-state index contributed by atoms with van der Waals surface area (Å²) in [6.45, 7) is 1.02. The molecule has 0 aliphatic carbocycles. The zero-order valence-electron chi connectivity index (χ0n) is 5.81. The van der Waals surface area contributed by atoms with Gasteiger partial charge in [-0.05, 0) is 12.8 Å². The summed E-state index contributed by atoms with van der Waals surface area (Å²) < 4.78 is 0. The van der Waals surface area contributed by atoms with Crippen molar-refractivity contribution in [2.75, 3.05) is 13.6 Å². The third-order valence-electron chi connectivity index (χ3n) is 1.80. The molecule has 54 valence electrons. The van der Waals surface area contributed by atoms with Crippen molar-refractivity contribution in [1.82, 2.24) is 5.32 Å². The molecule has 0 bridgehead atoms. The Balaban J connectivity index is 2.23. The molecule has 9 heavy (non-hydrogen) atoms. The monoisotopic (exact) mass is 130 g/mol. The van der Waals surface area contributed by atoms with Crippen molar-refractivity contribution < 1.29 is 5.06 Å². The number of piperidine rings is 1. The highest BCUT2D eigenvalue weighted by atomic mass is 16.5. The normalized spacial score (nSPS) is 32.0. The van der Waals surface area contributed by atoms with Crippen molar-refractivity contribution in [3.05, 3.63) is 5.21 Å². The predicted octanol–water partition coefficient (Wildman–Crippen LogP) is -0.901. The van der Waals surface area contributed by atoms with Gasteiger partial charge < -0.3 is 10.3 Å². The fraction of sp³-hybridized carbons (Fsp3) is 1.00. The van der Waals surface area contributed by atoms with Crippen LogP contribution in [-0.2, 0) is 0 Å². The molecule has 1 aliphatic heterocycles. The van der Waals surface area contributed by atoms with Crippen LogP contribution in [0.4, 0.5) is 0 Å². The van der Waals surface area contributed by atoms with Crippen molar-refractivity contribution in [1.29, 1.82) is 0 Å². The maximum Gasteiger partial charge on any atom is 0.140 e. The number of hydroxylamine groups is 2. The molecule has 0 aromatic carbocycles. The molecule has 1 fully saturated rings. The Morgan fingerprint density at radius 1 is 1.56 bits per heavy atom. The van der Waals surface area contributed by atoms with Gasteiger partial charge in [-0.15, -0.1) is 0 Å². The van der Waals surface area contributed by atoms with Crippen molar-refractivity contribution in [3.8, 4) is 0 Å². The second-order valence-electron chi connectivity index (χ2n) is 2.61. The molecule has 2 atom stereocenters. The average Bonchev–Trinajstić information content (AvgIpc) is 1.90. The summed E-state index contributed by atoms with van der Waals surface area (Å²) >= 11 is 0. The van der Waals surface area contributed by atoms with E-state index < -0.39 is 0 Å². The number of hydrogen-bond acceptors (Lipinski definition) is 2. The van der Waals surface area contributed by atoms with Gasteiger partial charge in [-0.1, -0.05) is 0 Å². The Morgan fingerprint density at radius 2 is 2.33 bits per heavy atom. The van der Waals surface area contributed by atoms with Gasteiger partial charge in [0, 0.05) is 13.0 Å². The Labute approximate surface area is 55.6 Å². The molecule has 0 radical (unpaired) electrons. The Bertz CT molecular complexity index is 79.1. The first-order valence-electron chi connectivity index (χ1n) is 3.54. The molecule has 0 aromatic heterocycles. The molecule has 3 nitrogen and oxygen atoms in total. The Kier molecular flexibility index (Phi) is 2.45. The van der Waals surface area contributed by atoms with E-state index in [0.717, 1.165) is 13.0 Å². The van der Waals surface area contributed by atoms with E-state index in [-0.39, 0.29) is 11.2 Å². The van der Waals surface area contributed by atoms with Gasteiger partial charge in [-0.2, -0.15) is 0 Å². The first kappa shape index (κ1) is 6.99. The quantitative estimate of drug-likeness (QED) is 0.451. The van der Waals surface area contributed by atoms with Crippen molar-refractivity contribution in [2.45, 2.75) is 25.4 Å². The van der Waals surface area contributed by atoms with E-state index in [9.17, 15) is 5.21 Å². The van der Waals surface area contributed by atoms with Gasteiger partial charge in [0.25, 0.3) is 0 Å². The van der Waals surface area contributed by atoms with E-state index in [1.165, 1.54) is 12.8 Å². The van der Waals surface area contributed by atoms with Crippen molar-refractivity contribution >= 4 is 0 Å². The van der Waals surface area contributed by atoms with Gasteiger partial charge in [0.15, 0.2) is 0 Å². The summed E-state index contributed by atoms with van der Waals surface area (Å²) in [5.41, 5.74) is 0. The van der Waals surface area contributed by atoms with E-state index in [1.807, 2.05) is 0 Å². The molecule has 0 spiro atoms. The highest BCUT2D eigenvalue weighted by Crippen LogP contribution is 2.01. The number of quaternary nitrogens is 1. The predicted molar refractivity (Wildman–Crippen MR) is 35.9 cm³/mol. The average molecular weight is 130 g/mol. The lowest BCUT2D eigenvalue weighted by Gasteiger charge is -2.31. The summed E-state index contributed by atoms with van der Waals surface area (Å²) in [6.07, 6.45) is 3.63. The molecule has 0 amide bonds. The Morgan fingerprint density at radius 3 is 2.67 bits per heavy atom. The Hall–Kier alpha value is -0.120. The lowest BCUT2D eigenvalue weighted by molar-refractivity contribution is -0.859. The lowest BCUT2D eigenvalue weighted by atomic mass is 10.1. The molecule has 0 aromatic rings. The van der Waals surface area contributed by atoms with Gasteiger partial charge in [-0.3, -0.25) is 5.32 Å². The molecule has 2 N–H and O–H groups in total. The van der Waals surface area contributed by atoms with E-state index in [2.05, 4.69) is 5.32 Å². The van der Waals surface area contributed by atoms with Crippen LogP contribution in [0.5, 0.6) is 0 Å². The van der Waals surface area contributed by atoms with Crippen molar-refractivity contribution in [3.63, 3.8) is 0 Å². The van der Waals surface area contributed by atoms with Crippen LogP contribution in [0.1, 0.15) is 19.3 Å². The summed E-state index contributed by atoms with van der Waals surface area (Å²) in [6, 6.07) is 0. The minimum absolute atomic E-state index is 0.166. The molecule has 3 heteroatoms. The summed E-state index contributed by atoms with van der Waals surface area (Å²) in [7, 11) is 1.66. The molecular weight excluding hydrogens is 116 g/mol. The first-order chi connectivity index (χ1) is 4.30. The summed E-state index contributed by atoms with van der Waals surface area (Å²) in [4.78, 5) is 0. The zero-order valence-corrected chi connectivity index (χ0v) is 5.81. The van der Waals surface area contributed by atoms with E-state index >= 15 is 0 Å². The number of hydrogen-bond donors (Lipinski definition) is 2. The lowest BCUT2D eigenvalue weighted by Crippen LogP contribution is -3.10. The largest absolute Gasteiger partial charge is 0.633 e. The fourth-order valence-corrected chi connectivity index (χ4v) is 1.20. The van der Waals surface area contributed by atoms with Gasteiger partial charge in [-0.25, -0.2) is 0 Å². The zero-order chi connectivity index (χ0) is 6.69. The molecule has 1 heterocycles. The fourth-order valence-electron chi connectivity index (χ4n) is 1.20. The number of rotatable bonds is 1. The maximum absolute atomic E-state index is 10.7. The van der Waals surface area contributed by atoms with E-state index in [0.29, 0.717) is 0 Å². The molecule has 1 aliphatic rings. The second-order valence-corrected chi connectivity index (χ2v) is 2.61. The van der Waals surface area contributed by atoms with E-state index in [4.69, 9.17) is 0 Å². The van der Waals surface area contributed by atoms with Crippen LogP contribution in [0.25, 0.3) is 0 Å². The summed E-state index contributed by atoms with van der Waals surface area (Å²) in [5, 5.41) is 14.2. The van der Waals surface area contributed by atoms with Crippen LogP contribution in [0, 0.1) is 5.21 Å². The van der Waals surface area contributed by atoms with Crippen LogP contribution in [0.2, 0.25) is 0 Å². The minimum atomic E-state index is 0.166. The topological polar surface area (TPSA) is 39.5 Å². The second kappa shape index (κ2) is 3.15. The van der Waals surface area contributed by atoms with E-state index in [1.54, 1.807) is 7.05 Å². The molecule has 0 saturated carbocycles. The standard InChI is InChI=1S/C6H14N2O/c1-8(9)6-4-2-3-5-7-6/h6-8H,2-5H2,1H3. The van der Waals surface area contributed by atoms with Crippen LogP contribution in [0.15, 0.2) is 0 Å². The van der Waals surface area contributed by atoms with Gasteiger partial charge in [0.2, 0.25) is 0 Å². The molecule has 2 unspecified atom stereocenters. The van der Waals surface area contributed by atoms with Crippen molar-refractivity contribution in [2.24, 2.45) is 0 Å². The number of nitrogens with one attached hydrogen (secondary N) is 2. The smallest absolute Gasteiger partial charge is 0.140 e. The van der Waals surface area contributed by atoms with Crippen LogP contribution < -0.4 is 10.4 Å². The van der Waals surface area contributed by atoms with Gasteiger partial charge in [0.1, 0.15) is 6.17 Å². The first-order valence-corrected chi connectivity index (χ1v) is 3.54. The third-order valence-corrected chi connectivity index (χ3v) is 1.80. The van der Waals surface area contributed by atoms with Gasteiger partial charge >= 0.3 is 0 Å². The SMILES string of the molecule is C[NH+]([O-])C1CCCCN1. The summed E-state index contributed by atoms with van der Waals surface area (Å²) in [5.74, 6) is 0. The highest BCUT2D eigenvalue weighted by Gasteiger charge is 2.14. The van der Waals surface area contributed by atoms with Gasteiger partial charge in [0.05, 0.1) is 7.05 Å². The highest BCUT2D eigenvalue weighted by molar-refractivity contribution is 4.61. The maximum atomic E-state index is 10.7. The van der Waals surface area contributed by atoms with Crippen LogP contribution >= 0.6 is 0 Å². The third kappa shape index (κ3) is 1.93. The minimum Gasteiger partial charge on any atom is -0.633 e. The van der Waals surface area contributed by atoms with Crippen LogP contribution in [-0.4, -0.2) is 19.8 Å². The molecule has 1 rings (SSSR count). The molecule has 1 saturated heterocycles. The molecular formula is C6H14N2O.